The number of aromatic hydroxyl groups is 1. The molecule has 5 heteroatoms. The van der Waals surface area contributed by atoms with Gasteiger partial charge < -0.3 is 15.6 Å². The number of ether oxygens (including phenoxy) is 1. The number of anilines is 1. The van der Waals surface area contributed by atoms with Crippen molar-refractivity contribution in [1.29, 1.82) is 0 Å². The number of phenols is 1. The number of nitrogens with two attached hydrogens (primary N) is 1. The number of phenolic OH excluding ortho intramolecular Hbond substituents is 1. The van der Waals surface area contributed by atoms with Crippen molar-refractivity contribution in [3.8, 4) is 11.4 Å². The van der Waals surface area contributed by atoms with Crippen LogP contribution < -0.4 is 5.73 Å². The number of fused-ring (bicyclic) bond motifs is 1. The van der Waals surface area contributed by atoms with Crippen molar-refractivity contribution in [2.24, 2.45) is 0 Å². The van der Waals surface area contributed by atoms with Crippen molar-refractivity contribution in [1.82, 2.24) is 9.78 Å². The Hall–Kier alpha value is -2.01. The Balaban J connectivity index is 2.19. The summed E-state index contributed by atoms with van der Waals surface area (Å²) in [7, 11) is 0. The molecule has 0 saturated carbocycles. The van der Waals surface area contributed by atoms with Gasteiger partial charge >= 0.3 is 0 Å². The van der Waals surface area contributed by atoms with Crippen molar-refractivity contribution < 1.29 is 9.84 Å². The summed E-state index contributed by atoms with van der Waals surface area (Å²) in [5.74, 6) is 0.673. The van der Waals surface area contributed by atoms with E-state index in [9.17, 15) is 5.11 Å². The third kappa shape index (κ3) is 1.55. The lowest BCUT2D eigenvalue weighted by Crippen LogP contribution is -2.13. The maximum absolute atomic E-state index is 9.84. The van der Waals surface area contributed by atoms with Crippen LogP contribution in [0.25, 0.3) is 5.69 Å². The van der Waals surface area contributed by atoms with Crippen LogP contribution in [-0.4, -0.2) is 21.5 Å². The number of aromatic nitrogens is 2. The van der Waals surface area contributed by atoms with E-state index in [1.165, 1.54) is 0 Å². The Labute approximate surface area is 98.4 Å². The molecule has 0 spiro atoms. The minimum absolute atomic E-state index is 0.198. The van der Waals surface area contributed by atoms with E-state index in [0.717, 1.165) is 17.7 Å². The fourth-order valence-electron chi connectivity index (χ4n) is 2.10. The summed E-state index contributed by atoms with van der Waals surface area (Å²) in [6, 6.07) is 7.09. The Morgan fingerprint density at radius 3 is 3.00 bits per heavy atom. The van der Waals surface area contributed by atoms with Crippen LogP contribution in [-0.2, 0) is 17.8 Å². The molecule has 0 saturated heterocycles. The van der Waals surface area contributed by atoms with Gasteiger partial charge in [0.25, 0.3) is 0 Å². The van der Waals surface area contributed by atoms with Gasteiger partial charge in [0.2, 0.25) is 0 Å². The SMILES string of the molecule is Nc1nn(-c2ccccc2O)c2c1COCC2. The lowest BCUT2D eigenvalue weighted by atomic mass is 10.1. The van der Waals surface area contributed by atoms with Crippen molar-refractivity contribution in [2.75, 3.05) is 12.3 Å². The standard InChI is InChI=1S/C12H13N3O2/c13-12-8-7-17-6-5-9(8)15(14-12)10-3-1-2-4-11(10)16/h1-4,16H,5-7H2,(H2,13,14). The topological polar surface area (TPSA) is 73.3 Å². The zero-order valence-electron chi connectivity index (χ0n) is 9.26. The first kappa shape index (κ1) is 10.2. The Morgan fingerprint density at radius 1 is 1.35 bits per heavy atom. The molecule has 1 aromatic heterocycles. The van der Waals surface area contributed by atoms with Gasteiger partial charge in [-0.3, -0.25) is 0 Å². The molecule has 0 atom stereocenters. The van der Waals surface area contributed by atoms with Crippen LogP contribution in [0, 0.1) is 0 Å². The molecular weight excluding hydrogens is 218 g/mol. The third-order valence-corrected chi connectivity index (χ3v) is 2.96. The highest BCUT2D eigenvalue weighted by Gasteiger charge is 2.21. The smallest absolute Gasteiger partial charge is 0.151 e. The monoisotopic (exact) mass is 231 g/mol. The average molecular weight is 231 g/mol. The predicted molar refractivity (Wildman–Crippen MR) is 63.0 cm³/mol. The number of benzene rings is 1. The molecule has 0 fully saturated rings. The summed E-state index contributed by atoms with van der Waals surface area (Å²) in [4.78, 5) is 0. The van der Waals surface area contributed by atoms with Gasteiger partial charge in [0, 0.05) is 12.0 Å². The first-order chi connectivity index (χ1) is 8.27. The van der Waals surface area contributed by atoms with E-state index in [1.54, 1.807) is 16.8 Å². The van der Waals surface area contributed by atoms with Gasteiger partial charge in [0.15, 0.2) is 5.82 Å². The molecule has 2 heterocycles. The van der Waals surface area contributed by atoms with E-state index in [2.05, 4.69) is 5.10 Å². The molecule has 0 unspecified atom stereocenters. The molecule has 88 valence electrons. The second-order valence-electron chi connectivity index (χ2n) is 4.01. The molecule has 0 aliphatic carbocycles. The molecule has 5 nitrogen and oxygen atoms in total. The number of hydrogen-bond acceptors (Lipinski definition) is 4. The van der Waals surface area contributed by atoms with Gasteiger partial charge in [0.1, 0.15) is 11.4 Å². The van der Waals surface area contributed by atoms with Crippen LogP contribution >= 0.6 is 0 Å². The van der Waals surface area contributed by atoms with E-state index >= 15 is 0 Å². The van der Waals surface area contributed by atoms with E-state index in [4.69, 9.17) is 10.5 Å². The first-order valence-corrected chi connectivity index (χ1v) is 5.49. The van der Waals surface area contributed by atoms with Gasteiger partial charge in [-0.15, -0.1) is 5.10 Å². The zero-order chi connectivity index (χ0) is 11.8. The van der Waals surface area contributed by atoms with Crippen LogP contribution in [0.3, 0.4) is 0 Å². The van der Waals surface area contributed by atoms with Crippen LogP contribution in [0.15, 0.2) is 24.3 Å². The van der Waals surface area contributed by atoms with Gasteiger partial charge in [0.05, 0.1) is 18.9 Å². The van der Waals surface area contributed by atoms with E-state index in [0.29, 0.717) is 24.7 Å². The quantitative estimate of drug-likeness (QED) is 0.774. The van der Waals surface area contributed by atoms with E-state index in [1.807, 2.05) is 12.1 Å². The zero-order valence-corrected chi connectivity index (χ0v) is 9.26. The molecule has 3 N–H and O–H groups in total. The molecule has 0 bridgehead atoms. The summed E-state index contributed by atoms with van der Waals surface area (Å²) in [6.45, 7) is 1.15. The van der Waals surface area contributed by atoms with Crippen molar-refractivity contribution in [3.05, 3.63) is 35.5 Å². The maximum Gasteiger partial charge on any atom is 0.151 e. The molecule has 0 radical (unpaired) electrons. The molecule has 2 aromatic rings. The Kier molecular flexibility index (Phi) is 2.26. The van der Waals surface area contributed by atoms with Gasteiger partial charge in [-0.25, -0.2) is 4.68 Å². The maximum atomic E-state index is 9.84. The fraction of sp³-hybridized carbons (Fsp3) is 0.250. The van der Waals surface area contributed by atoms with Crippen LogP contribution in [0.2, 0.25) is 0 Å². The molecule has 0 amide bonds. The summed E-state index contributed by atoms with van der Waals surface area (Å²) >= 11 is 0. The largest absolute Gasteiger partial charge is 0.506 e. The highest BCUT2D eigenvalue weighted by atomic mass is 16.5. The normalized spacial score (nSPS) is 14.6. The second-order valence-corrected chi connectivity index (χ2v) is 4.01. The van der Waals surface area contributed by atoms with Crippen molar-refractivity contribution in [3.63, 3.8) is 0 Å². The number of para-hydroxylation sites is 2. The Bertz CT molecular complexity index is 563. The fourth-order valence-corrected chi connectivity index (χ4v) is 2.10. The minimum atomic E-state index is 0.198. The number of rotatable bonds is 1. The molecule has 17 heavy (non-hydrogen) atoms. The summed E-state index contributed by atoms with van der Waals surface area (Å²) < 4.78 is 7.07. The molecule has 1 aliphatic rings. The van der Waals surface area contributed by atoms with Crippen LogP contribution in [0.4, 0.5) is 5.82 Å². The number of nitrogen functional groups attached to an aromatic ring is 1. The summed E-state index contributed by atoms with van der Waals surface area (Å²) in [6.07, 6.45) is 0.758. The van der Waals surface area contributed by atoms with Crippen molar-refractivity contribution >= 4 is 5.82 Å². The average Bonchev–Trinajstić information content (AvgIpc) is 2.68. The van der Waals surface area contributed by atoms with Gasteiger partial charge in [-0.05, 0) is 12.1 Å². The van der Waals surface area contributed by atoms with Gasteiger partial charge in [-0.2, -0.15) is 0 Å². The van der Waals surface area contributed by atoms with Crippen LogP contribution in [0.5, 0.6) is 5.75 Å². The summed E-state index contributed by atoms with van der Waals surface area (Å²) in [5.41, 5.74) is 8.46. The lowest BCUT2D eigenvalue weighted by molar-refractivity contribution is 0.110. The number of nitrogens with zero attached hydrogens (tertiary/aromatic N) is 2. The highest BCUT2D eigenvalue weighted by molar-refractivity contribution is 5.51. The highest BCUT2D eigenvalue weighted by Crippen LogP contribution is 2.28. The molecule has 1 aromatic carbocycles. The minimum Gasteiger partial charge on any atom is -0.506 e. The molecular formula is C12H13N3O2. The molecule has 3 rings (SSSR count). The predicted octanol–water partition coefficient (Wildman–Crippen LogP) is 1.23. The molecule has 1 aliphatic heterocycles. The van der Waals surface area contributed by atoms with Crippen molar-refractivity contribution in [2.45, 2.75) is 13.0 Å². The summed E-state index contributed by atoms with van der Waals surface area (Å²) in [5, 5.41) is 14.1. The van der Waals surface area contributed by atoms with E-state index < -0.39 is 0 Å². The Morgan fingerprint density at radius 2 is 2.18 bits per heavy atom. The van der Waals surface area contributed by atoms with Gasteiger partial charge in [-0.1, -0.05) is 12.1 Å². The lowest BCUT2D eigenvalue weighted by Gasteiger charge is -2.15. The second kappa shape index (κ2) is 3.78. The third-order valence-electron chi connectivity index (χ3n) is 2.96. The number of hydrogen-bond donors (Lipinski definition) is 2. The van der Waals surface area contributed by atoms with E-state index in [-0.39, 0.29) is 5.75 Å². The van der Waals surface area contributed by atoms with Crippen LogP contribution in [0.1, 0.15) is 11.3 Å². The first-order valence-electron chi connectivity index (χ1n) is 5.49.